The van der Waals surface area contributed by atoms with E-state index in [0.717, 1.165) is 33.5 Å². The Balaban J connectivity index is 1.65. The number of likely N-dealkylation sites (tertiary alicyclic amines) is 1. The van der Waals surface area contributed by atoms with Crippen LogP contribution < -0.4 is 10.1 Å². The summed E-state index contributed by atoms with van der Waals surface area (Å²) in [6, 6.07) is 13.5. The molecule has 0 aliphatic carbocycles. The summed E-state index contributed by atoms with van der Waals surface area (Å²) < 4.78 is 7.57. The van der Waals surface area contributed by atoms with Gasteiger partial charge in [0, 0.05) is 45.8 Å². The minimum atomic E-state index is -0.115. The largest absolute Gasteiger partial charge is 0.496 e. The molecule has 1 aromatic heterocycles. The molecule has 0 radical (unpaired) electrons. The highest BCUT2D eigenvalue weighted by molar-refractivity contribution is 6.31. The smallest absolute Gasteiger partial charge is 0.246 e. The Kier molecular flexibility index (Phi) is 5.74. The van der Waals surface area contributed by atoms with E-state index >= 15 is 0 Å². The number of ether oxygens (including phenoxy) is 1. The van der Waals surface area contributed by atoms with E-state index in [1.54, 1.807) is 12.0 Å². The molecule has 0 atom stereocenters. The third-order valence-electron chi connectivity index (χ3n) is 5.70. The average molecular weight is 438 g/mol. The van der Waals surface area contributed by atoms with Crippen molar-refractivity contribution in [2.24, 2.45) is 0 Å². The highest BCUT2D eigenvalue weighted by atomic mass is 35.5. The average Bonchev–Trinajstić information content (AvgIpc) is 3.00. The summed E-state index contributed by atoms with van der Waals surface area (Å²) >= 11 is 6.31. The van der Waals surface area contributed by atoms with E-state index in [1.165, 1.54) is 6.08 Å². The predicted molar refractivity (Wildman–Crippen MR) is 122 cm³/mol. The summed E-state index contributed by atoms with van der Waals surface area (Å²) in [7, 11) is 1.65. The Morgan fingerprint density at radius 1 is 1.26 bits per heavy atom. The molecule has 1 aliphatic rings. The first-order chi connectivity index (χ1) is 14.9. The van der Waals surface area contributed by atoms with Crippen LogP contribution in [-0.4, -0.2) is 47.5 Å². The Bertz CT molecular complexity index is 1180. The zero-order chi connectivity index (χ0) is 22.1. The fourth-order valence-corrected chi connectivity index (χ4v) is 4.32. The van der Waals surface area contributed by atoms with Crippen LogP contribution in [0.15, 0.2) is 55.1 Å². The number of methoxy groups -OCH3 is 1. The second-order valence-corrected chi connectivity index (χ2v) is 8.06. The van der Waals surface area contributed by atoms with Crippen LogP contribution >= 0.6 is 11.6 Å². The molecule has 31 heavy (non-hydrogen) atoms. The predicted octanol–water partition coefficient (Wildman–Crippen LogP) is 3.79. The molecule has 0 spiro atoms. The minimum Gasteiger partial charge on any atom is -0.496 e. The van der Waals surface area contributed by atoms with Crippen LogP contribution in [0, 0.1) is 6.92 Å². The standard InChI is InChI=1S/C24H24ClN3O3/c1-4-23(30)27-12-17(13-27)26-22(29)14-28-15(2)24(18-7-5-6-8-21(18)31-3)19-11-16(25)9-10-20(19)28/h4-11,17H,1,12-14H2,2-3H3,(H,26,29). The Morgan fingerprint density at radius 3 is 2.71 bits per heavy atom. The van der Waals surface area contributed by atoms with E-state index < -0.39 is 0 Å². The molecule has 0 saturated carbocycles. The minimum absolute atomic E-state index is 0.0401. The molecule has 7 heteroatoms. The first kappa shape index (κ1) is 21.0. The SMILES string of the molecule is C=CC(=O)N1CC(NC(=O)Cn2c(C)c(-c3ccccc3OC)c3cc(Cl)ccc32)C1. The maximum absolute atomic E-state index is 12.8. The Hall–Kier alpha value is -3.25. The van der Waals surface area contributed by atoms with E-state index in [0.29, 0.717) is 18.1 Å². The number of hydrogen-bond acceptors (Lipinski definition) is 3. The number of benzene rings is 2. The lowest BCUT2D eigenvalue weighted by molar-refractivity contribution is -0.133. The second kappa shape index (κ2) is 8.47. The number of para-hydroxylation sites is 1. The maximum Gasteiger partial charge on any atom is 0.246 e. The Labute approximate surface area is 186 Å². The summed E-state index contributed by atoms with van der Waals surface area (Å²) in [6.45, 7) is 6.67. The first-order valence-electron chi connectivity index (χ1n) is 10.1. The fraction of sp³-hybridized carbons (Fsp3) is 0.250. The molecule has 2 aromatic carbocycles. The molecule has 160 valence electrons. The number of nitrogens with zero attached hydrogens (tertiary/aromatic N) is 2. The first-order valence-corrected chi connectivity index (χ1v) is 10.4. The number of carbonyl (C=O) groups excluding carboxylic acids is 2. The van der Waals surface area contributed by atoms with Crippen LogP contribution in [-0.2, 0) is 16.1 Å². The van der Waals surface area contributed by atoms with Crippen molar-refractivity contribution in [1.29, 1.82) is 0 Å². The fourth-order valence-electron chi connectivity index (χ4n) is 4.15. The van der Waals surface area contributed by atoms with Crippen LogP contribution in [0.5, 0.6) is 5.75 Å². The van der Waals surface area contributed by atoms with Gasteiger partial charge < -0.3 is 19.5 Å². The number of fused-ring (bicyclic) bond motifs is 1. The molecular weight excluding hydrogens is 414 g/mol. The zero-order valence-electron chi connectivity index (χ0n) is 17.5. The summed E-state index contributed by atoms with van der Waals surface area (Å²) in [5.41, 5.74) is 3.82. The van der Waals surface area contributed by atoms with Crippen molar-refractivity contribution in [3.63, 3.8) is 0 Å². The van der Waals surface area contributed by atoms with Gasteiger partial charge in [0.25, 0.3) is 0 Å². The lowest BCUT2D eigenvalue weighted by atomic mass is 10.0. The highest BCUT2D eigenvalue weighted by Gasteiger charge is 2.30. The van der Waals surface area contributed by atoms with Crippen LogP contribution in [0.2, 0.25) is 5.02 Å². The van der Waals surface area contributed by atoms with Gasteiger partial charge >= 0.3 is 0 Å². The third-order valence-corrected chi connectivity index (χ3v) is 5.93. The summed E-state index contributed by atoms with van der Waals surface area (Å²) in [5, 5.41) is 4.61. The van der Waals surface area contributed by atoms with Crippen molar-refractivity contribution in [2.45, 2.75) is 19.5 Å². The topological polar surface area (TPSA) is 63.6 Å². The molecule has 2 amide bonds. The Morgan fingerprint density at radius 2 is 2.00 bits per heavy atom. The third kappa shape index (κ3) is 3.91. The lowest BCUT2D eigenvalue weighted by Gasteiger charge is -2.38. The molecule has 4 rings (SSSR count). The van der Waals surface area contributed by atoms with Gasteiger partial charge in [-0.2, -0.15) is 0 Å². The maximum atomic E-state index is 12.8. The van der Waals surface area contributed by atoms with E-state index in [9.17, 15) is 9.59 Å². The van der Waals surface area contributed by atoms with E-state index in [4.69, 9.17) is 16.3 Å². The number of amides is 2. The van der Waals surface area contributed by atoms with Crippen molar-refractivity contribution in [2.75, 3.05) is 20.2 Å². The number of rotatable bonds is 6. The number of carbonyl (C=O) groups is 2. The number of nitrogens with one attached hydrogen (secondary N) is 1. The van der Waals surface area contributed by atoms with Gasteiger partial charge in [-0.1, -0.05) is 36.4 Å². The van der Waals surface area contributed by atoms with Crippen LogP contribution in [0.3, 0.4) is 0 Å². The normalized spacial score (nSPS) is 13.7. The van der Waals surface area contributed by atoms with Gasteiger partial charge in [-0.25, -0.2) is 0 Å². The molecule has 1 saturated heterocycles. The lowest BCUT2D eigenvalue weighted by Crippen LogP contribution is -2.61. The summed E-state index contributed by atoms with van der Waals surface area (Å²) in [5.74, 6) is 0.545. The van der Waals surface area contributed by atoms with E-state index in [2.05, 4.69) is 11.9 Å². The van der Waals surface area contributed by atoms with Gasteiger partial charge in [-0.15, -0.1) is 0 Å². The van der Waals surface area contributed by atoms with Crippen molar-refractivity contribution in [3.8, 4) is 16.9 Å². The molecule has 0 unspecified atom stereocenters. The van der Waals surface area contributed by atoms with E-state index in [1.807, 2.05) is 54.0 Å². The van der Waals surface area contributed by atoms with Gasteiger partial charge in [0.1, 0.15) is 12.3 Å². The van der Waals surface area contributed by atoms with Crippen LogP contribution in [0.4, 0.5) is 0 Å². The number of aromatic nitrogens is 1. The summed E-state index contributed by atoms with van der Waals surface area (Å²) in [4.78, 5) is 26.0. The molecule has 1 N–H and O–H groups in total. The van der Waals surface area contributed by atoms with Gasteiger partial charge in [0.15, 0.2) is 0 Å². The molecule has 0 bridgehead atoms. The number of hydrogen-bond donors (Lipinski definition) is 1. The van der Waals surface area contributed by atoms with Crippen molar-refractivity contribution < 1.29 is 14.3 Å². The van der Waals surface area contributed by atoms with Gasteiger partial charge in [-0.05, 0) is 37.3 Å². The van der Waals surface area contributed by atoms with E-state index in [-0.39, 0.29) is 24.4 Å². The second-order valence-electron chi connectivity index (χ2n) is 7.62. The number of halogens is 1. The highest BCUT2D eigenvalue weighted by Crippen LogP contribution is 2.40. The van der Waals surface area contributed by atoms with Crippen molar-refractivity contribution >= 4 is 34.3 Å². The molecule has 6 nitrogen and oxygen atoms in total. The van der Waals surface area contributed by atoms with Gasteiger partial charge in [0.05, 0.1) is 13.2 Å². The molecule has 2 heterocycles. The summed E-state index contributed by atoms with van der Waals surface area (Å²) in [6.07, 6.45) is 1.29. The zero-order valence-corrected chi connectivity index (χ0v) is 18.3. The van der Waals surface area contributed by atoms with Crippen LogP contribution in [0.1, 0.15) is 5.69 Å². The van der Waals surface area contributed by atoms with Gasteiger partial charge in [-0.3, -0.25) is 9.59 Å². The monoisotopic (exact) mass is 437 g/mol. The molecular formula is C24H24ClN3O3. The van der Waals surface area contributed by atoms with Gasteiger partial charge in [0.2, 0.25) is 11.8 Å². The van der Waals surface area contributed by atoms with Crippen LogP contribution in [0.25, 0.3) is 22.0 Å². The molecule has 3 aromatic rings. The van der Waals surface area contributed by atoms with Crippen molar-refractivity contribution in [3.05, 3.63) is 65.8 Å². The quantitative estimate of drug-likeness (QED) is 0.597. The van der Waals surface area contributed by atoms with Crippen molar-refractivity contribution in [1.82, 2.24) is 14.8 Å². The molecule has 1 fully saturated rings. The molecule has 1 aliphatic heterocycles.